The van der Waals surface area contributed by atoms with Crippen molar-refractivity contribution in [1.82, 2.24) is 5.32 Å². The topological polar surface area (TPSA) is 105 Å². The predicted octanol–water partition coefficient (Wildman–Crippen LogP) is 1.17. The molecule has 134 valence electrons. The van der Waals surface area contributed by atoms with Crippen molar-refractivity contribution < 1.29 is 19.7 Å². The molecule has 0 unspecified atom stereocenters. The second kappa shape index (κ2) is 9.17. The van der Waals surface area contributed by atoms with Crippen molar-refractivity contribution in [2.24, 2.45) is 5.73 Å². The molecule has 2 aromatic rings. The third kappa shape index (κ3) is 5.56. The minimum atomic E-state index is -1.21. The summed E-state index contributed by atoms with van der Waals surface area (Å²) in [5.41, 5.74) is 7.86. The first-order chi connectivity index (χ1) is 12.0. The Morgan fingerprint density at radius 3 is 2.32 bits per heavy atom. The van der Waals surface area contributed by atoms with Crippen molar-refractivity contribution in [3.05, 3.63) is 65.7 Å². The number of hydrogen-bond acceptors (Lipinski definition) is 5. The van der Waals surface area contributed by atoms with Crippen LogP contribution in [0.15, 0.2) is 54.6 Å². The summed E-state index contributed by atoms with van der Waals surface area (Å²) in [6, 6.07) is 14.9. The zero-order valence-electron chi connectivity index (χ0n) is 14.1. The van der Waals surface area contributed by atoms with E-state index in [1.807, 2.05) is 42.5 Å². The smallest absolute Gasteiger partial charge is 0.323 e. The van der Waals surface area contributed by atoms with E-state index in [0.29, 0.717) is 13.0 Å². The number of benzene rings is 2. The van der Waals surface area contributed by atoms with Gasteiger partial charge < -0.3 is 20.7 Å². The number of aliphatic hydroxyl groups is 1. The normalized spacial score (nSPS) is 14.5. The number of nitrogens with one attached hydrogen (secondary N) is 1. The number of aliphatic hydroxyl groups excluding tert-OH is 1. The molecule has 3 atom stereocenters. The van der Waals surface area contributed by atoms with E-state index in [-0.39, 0.29) is 0 Å². The van der Waals surface area contributed by atoms with E-state index in [4.69, 9.17) is 10.5 Å². The van der Waals surface area contributed by atoms with Crippen LogP contribution in [-0.2, 0) is 17.8 Å². The number of rotatable bonds is 9. The van der Waals surface area contributed by atoms with E-state index in [2.05, 4.69) is 5.32 Å². The van der Waals surface area contributed by atoms with Gasteiger partial charge in [-0.05, 0) is 29.7 Å². The van der Waals surface area contributed by atoms with Crippen LogP contribution in [0.1, 0.15) is 11.1 Å². The number of aliphatic carboxylic acids is 1. The molecule has 0 heterocycles. The Kier molecular flexibility index (Phi) is 6.94. The third-order valence-corrected chi connectivity index (χ3v) is 4.05. The quantitative estimate of drug-likeness (QED) is 0.544. The van der Waals surface area contributed by atoms with Gasteiger partial charge in [-0.2, -0.15) is 0 Å². The summed E-state index contributed by atoms with van der Waals surface area (Å²) in [6.45, 7) is 0.302. The van der Waals surface area contributed by atoms with E-state index in [1.165, 1.54) is 0 Å². The van der Waals surface area contributed by atoms with Crippen molar-refractivity contribution in [3.63, 3.8) is 0 Å². The van der Waals surface area contributed by atoms with Crippen molar-refractivity contribution >= 4 is 5.97 Å². The van der Waals surface area contributed by atoms with Crippen LogP contribution in [0.2, 0.25) is 0 Å². The van der Waals surface area contributed by atoms with Gasteiger partial charge in [0.1, 0.15) is 11.8 Å². The van der Waals surface area contributed by atoms with Gasteiger partial charge >= 0.3 is 5.97 Å². The van der Waals surface area contributed by atoms with Gasteiger partial charge in [0, 0.05) is 12.6 Å². The number of carboxylic acids is 1. The molecule has 0 spiro atoms. The van der Waals surface area contributed by atoms with Gasteiger partial charge in [-0.3, -0.25) is 10.1 Å². The molecule has 0 aliphatic heterocycles. The summed E-state index contributed by atoms with van der Waals surface area (Å²) in [5.74, 6) is -0.409. The van der Waals surface area contributed by atoms with Gasteiger partial charge in [-0.15, -0.1) is 0 Å². The predicted molar refractivity (Wildman–Crippen MR) is 95.4 cm³/mol. The van der Waals surface area contributed by atoms with Crippen LogP contribution in [0.4, 0.5) is 0 Å². The summed E-state index contributed by atoms with van der Waals surface area (Å²) in [5, 5.41) is 22.7. The van der Waals surface area contributed by atoms with Crippen molar-refractivity contribution in [2.45, 2.75) is 31.2 Å². The molecule has 0 amide bonds. The molecule has 2 aromatic carbocycles. The van der Waals surface area contributed by atoms with Crippen LogP contribution < -0.4 is 15.8 Å². The highest BCUT2D eigenvalue weighted by Crippen LogP contribution is 2.12. The lowest BCUT2D eigenvalue weighted by Crippen LogP contribution is -2.54. The summed E-state index contributed by atoms with van der Waals surface area (Å²) in [6.07, 6.45) is -0.813. The maximum absolute atomic E-state index is 11.5. The zero-order valence-corrected chi connectivity index (χ0v) is 14.1. The van der Waals surface area contributed by atoms with Crippen LogP contribution in [0.25, 0.3) is 0 Å². The molecule has 5 N–H and O–H groups in total. The Balaban J connectivity index is 1.97. The van der Waals surface area contributed by atoms with Crippen LogP contribution in [-0.4, -0.2) is 41.5 Å². The van der Waals surface area contributed by atoms with Gasteiger partial charge in [0.05, 0.1) is 13.2 Å². The SMILES string of the molecule is COc1ccc(CN[C@@H](C(=O)O)[C@@H](O)[C@@H](N)Cc2ccccc2)cc1. The molecule has 0 aliphatic rings. The third-order valence-electron chi connectivity index (χ3n) is 4.05. The molecule has 6 heteroatoms. The zero-order chi connectivity index (χ0) is 18.2. The second-order valence-electron chi connectivity index (χ2n) is 5.89. The number of carboxylic acid groups (broad SMARTS) is 1. The van der Waals surface area contributed by atoms with Crippen molar-refractivity contribution in [1.29, 1.82) is 0 Å². The average Bonchev–Trinajstić information content (AvgIpc) is 2.62. The highest BCUT2D eigenvalue weighted by molar-refractivity contribution is 5.74. The lowest BCUT2D eigenvalue weighted by molar-refractivity contribution is -0.143. The number of nitrogens with two attached hydrogens (primary N) is 1. The minimum Gasteiger partial charge on any atom is -0.497 e. The Morgan fingerprint density at radius 2 is 1.76 bits per heavy atom. The highest BCUT2D eigenvalue weighted by atomic mass is 16.5. The van der Waals surface area contributed by atoms with Gasteiger partial charge in [-0.25, -0.2) is 0 Å². The number of carbonyl (C=O) groups is 1. The van der Waals surface area contributed by atoms with E-state index in [0.717, 1.165) is 16.9 Å². The molecule has 0 bridgehead atoms. The Labute approximate surface area is 147 Å². The Hall–Kier alpha value is -2.41. The summed E-state index contributed by atoms with van der Waals surface area (Å²) >= 11 is 0. The first-order valence-corrected chi connectivity index (χ1v) is 8.08. The standard InChI is InChI=1S/C19H24N2O4/c1-25-15-9-7-14(8-10-15)12-21-17(19(23)24)18(22)16(20)11-13-5-3-2-4-6-13/h2-10,16-18,21-22H,11-12,20H2,1H3,(H,23,24)/t16-,17+,18-/m0/s1. The monoisotopic (exact) mass is 344 g/mol. The molecule has 0 fully saturated rings. The maximum Gasteiger partial charge on any atom is 0.323 e. The molecule has 0 aromatic heterocycles. The molecule has 0 saturated carbocycles. The summed E-state index contributed by atoms with van der Waals surface area (Å²) in [4.78, 5) is 11.5. The van der Waals surface area contributed by atoms with E-state index in [9.17, 15) is 15.0 Å². The van der Waals surface area contributed by atoms with Crippen molar-refractivity contribution in [2.75, 3.05) is 7.11 Å². The lowest BCUT2D eigenvalue weighted by atomic mass is 9.97. The fraction of sp³-hybridized carbons (Fsp3) is 0.316. The Bertz CT molecular complexity index is 661. The Morgan fingerprint density at radius 1 is 1.12 bits per heavy atom. The van der Waals surface area contributed by atoms with Crippen LogP contribution >= 0.6 is 0 Å². The molecule has 25 heavy (non-hydrogen) atoms. The summed E-state index contributed by atoms with van der Waals surface area (Å²) in [7, 11) is 1.58. The molecular formula is C19H24N2O4. The van der Waals surface area contributed by atoms with E-state index >= 15 is 0 Å². The largest absolute Gasteiger partial charge is 0.497 e. The lowest BCUT2D eigenvalue weighted by Gasteiger charge is -2.25. The van der Waals surface area contributed by atoms with Crippen LogP contribution in [0, 0.1) is 0 Å². The van der Waals surface area contributed by atoms with E-state index in [1.54, 1.807) is 19.2 Å². The number of hydrogen-bond donors (Lipinski definition) is 4. The van der Waals surface area contributed by atoms with Gasteiger partial charge in [0.15, 0.2) is 0 Å². The average molecular weight is 344 g/mol. The highest BCUT2D eigenvalue weighted by Gasteiger charge is 2.30. The molecule has 6 nitrogen and oxygen atoms in total. The fourth-order valence-corrected chi connectivity index (χ4v) is 2.58. The van der Waals surface area contributed by atoms with Crippen LogP contribution in [0.3, 0.4) is 0 Å². The second-order valence-corrected chi connectivity index (χ2v) is 5.89. The van der Waals surface area contributed by atoms with Gasteiger partial charge in [-0.1, -0.05) is 42.5 Å². The first-order valence-electron chi connectivity index (χ1n) is 8.08. The first kappa shape index (κ1) is 18.9. The molecule has 0 aliphatic carbocycles. The van der Waals surface area contributed by atoms with Gasteiger partial charge in [0.25, 0.3) is 0 Å². The summed E-state index contributed by atoms with van der Waals surface area (Å²) < 4.78 is 5.09. The minimum absolute atomic E-state index is 0.302. The molecule has 0 radical (unpaired) electrons. The fourth-order valence-electron chi connectivity index (χ4n) is 2.58. The number of ether oxygens (including phenoxy) is 1. The van der Waals surface area contributed by atoms with Crippen molar-refractivity contribution in [3.8, 4) is 5.75 Å². The number of methoxy groups -OCH3 is 1. The van der Waals surface area contributed by atoms with Gasteiger partial charge in [0.2, 0.25) is 0 Å². The van der Waals surface area contributed by atoms with Crippen LogP contribution in [0.5, 0.6) is 5.75 Å². The molecular weight excluding hydrogens is 320 g/mol. The van der Waals surface area contributed by atoms with E-state index < -0.39 is 24.2 Å². The maximum atomic E-state index is 11.5. The molecule has 0 saturated heterocycles. The molecule has 2 rings (SSSR count).